The number of aryl methyl sites for hydroxylation is 1. The Balaban J connectivity index is 2.16. The molecule has 1 unspecified atom stereocenters. The van der Waals surface area contributed by atoms with Gasteiger partial charge in [0.25, 0.3) is 0 Å². The minimum absolute atomic E-state index is 0.00697. The second-order valence-electron chi connectivity index (χ2n) is 4.24. The zero-order valence-electron chi connectivity index (χ0n) is 9.33. The predicted molar refractivity (Wildman–Crippen MR) is 64.1 cm³/mol. The Hall–Kier alpha value is -0.860. The molecule has 0 N–H and O–H groups in total. The summed E-state index contributed by atoms with van der Waals surface area (Å²) in [7, 11) is 0. The number of carbonyl (C=O) groups is 1. The van der Waals surface area contributed by atoms with E-state index in [0.29, 0.717) is 17.2 Å². The van der Waals surface area contributed by atoms with Gasteiger partial charge in [-0.25, -0.2) is 0 Å². The summed E-state index contributed by atoms with van der Waals surface area (Å²) in [5.41, 5.74) is 1.70. The molecule has 0 spiro atoms. The summed E-state index contributed by atoms with van der Waals surface area (Å²) >= 11 is 6.01. The van der Waals surface area contributed by atoms with Gasteiger partial charge in [-0.1, -0.05) is 23.7 Å². The molecular formula is C13H15ClO2. The van der Waals surface area contributed by atoms with Crippen molar-refractivity contribution < 1.29 is 9.53 Å². The number of hydrogen-bond donors (Lipinski definition) is 0. The molecule has 0 aromatic heterocycles. The van der Waals surface area contributed by atoms with Crippen LogP contribution in [-0.4, -0.2) is 19.0 Å². The van der Waals surface area contributed by atoms with E-state index in [1.165, 1.54) is 0 Å². The third-order valence-corrected chi connectivity index (χ3v) is 3.39. The van der Waals surface area contributed by atoms with Crippen LogP contribution in [0.5, 0.6) is 0 Å². The number of halogens is 1. The molecule has 1 saturated heterocycles. The number of hydrogen-bond acceptors (Lipinski definition) is 2. The van der Waals surface area contributed by atoms with E-state index in [0.717, 1.165) is 25.0 Å². The number of ketones is 1. The first-order valence-electron chi connectivity index (χ1n) is 5.56. The van der Waals surface area contributed by atoms with Gasteiger partial charge in [0, 0.05) is 23.1 Å². The van der Waals surface area contributed by atoms with Crippen LogP contribution < -0.4 is 0 Å². The summed E-state index contributed by atoms with van der Waals surface area (Å²) < 4.78 is 5.32. The normalized spacial score (nSPS) is 20.8. The van der Waals surface area contributed by atoms with Crippen LogP contribution in [0.1, 0.15) is 28.8 Å². The van der Waals surface area contributed by atoms with Crippen molar-refractivity contribution in [3.8, 4) is 0 Å². The number of ether oxygens (including phenoxy) is 1. The molecule has 3 heteroatoms. The molecule has 0 aliphatic carbocycles. The molecule has 0 saturated carbocycles. The van der Waals surface area contributed by atoms with E-state index in [1.807, 2.05) is 19.1 Å². The number of Topliss-reactive ketones (excluding diaryl/α,β-unsaturated/α-hetero) is 1. The van der Waals surface area contributed by atoms with Gasteiger partial charge in [-0.15, -0.1) is 0 Å². The highest BCUT2D eigenvalue weighted by Crippen LogP contribution is 2.22. The molecule has 0 bridgehead atoms. The van der Waals surface area contributed by atoms with Crippen LogP contribution in [-0.2, 0) is 4.74 Å². The lowest BCUT2D eigenvalue weighted by atomic mass is 9.92. The molecule has 2 nitrogen and oxygen atoms in total. The molecule has 16 heavy (non-hydrogen) atoms. The van der Waals surface area contributed by atoms with Crippen molar-refractivity contribution in [1.82, 2.24) is 0 Å². The van der Waals surface area contributed by atoms with Gasteiger partial charge in [0.15, 0.2) is 5.78 Å². The summed E-state index contributed by atoms with van der Waals surface area (Å²) in [5, 5.41) is 0.655. The van der Waals surface area contributed by atoms with Crippen LogP contribution >= 0.6 is 11.6 Å². The van der Waals surface area contributed by atoms with Crippen molar-refractivity contribution >= 4 is 17.4 Å². The van der Waals surface area contributed by atoms with Gasteiger partial charge in [-0.05, 0) is 31.4 Å². The lowest BCUT2D eigenvalue weighted by molar-refractivity contribution is 0.0461. The molecule has 1 fully saturated rings. The van der Waals surface area contributed by atoms with Gasteiger partial charge in [0.1, 0.15) is 0 Å². The third-order valence-electron chi connectivity index (χ3n) is 2.99. The highest BCUT2D eigenvalue weighted by atomic mass is 35.5. The molecule has 86 valence electrons. The highest BCUT2D eigenvalue weighted by Gasteiger charge is 2.23. The van der Waals surface area contributed by atoms with Crippen LogP contribution in [0.25, 0.3) is 0 Å². The standard InChI is InChI=1S/C13H15ClO2/c1-9-4-5-10(7-12(9)14)13(15)11-3-2-6-16-8-11/h4-5,7,11H,2-3,6,8H2,1H3. The van der Waals surface area contributed by atoms with Gasteiger partial charge in [0.05, 0.1) is 6.61 Å². The Morgan fingerprint density at radius 3 is 2.94 bits per heavy atom. The zero-order chi connectivity index (χ0) is 11.5. The fourth-order valence-corrected chi connectivity index (χ4v) is 2.11. The van der Waals surface area contributed by atoms with Crippen molar-refractivity contribution in [2.75, 3.05) is 13.2 Å². The minimum atomic E-state index is 0.00697. The average Bonchev–Trinajstić information content (AvgIpc) is 2.33. The zero-order valence-corrected chi connectivity index (χ0v) is 10.1. The van der Waals surface area contributed by atoms with Gasteiger partial charge in [-0.3, -0.25) is 4.79 Å². The van der Waals surface area contributed by atoms with Crippen molar-refractivity contribution in [2.45, 2.75) is 19.8 Å². The summed E-state index contributed by atoms with van der Waals surface area (Å²) in [6, 6.07) is 5.49. The van der Waals surface area contributed by atoms with Crippen LogP contribution in [0.15, 0.2) is 18.2 Å². The third kappa shape index (κ3) is 2.45. The van der Waals surface area contributed by atoms with E-state index in [4.69, 9.17) is 16.3 Å². The van der Waals surface area contributed by atoms with Crippen LogP contribution in [0.3, 0.4) is 0 Å². The topological polar surface area (TPSA) is 26.3 Å². The molecule has 1 atom stereocenters. The fourth-order valence-electron chi connectivity index (χ4n) is 1.93. The Bertz CT molecular complexity index is 395. The van der Waals surface area contributed by atoms with Gasteiger partial charge < -0.3 is 4.74 Å². The lowest BCUT2D eigenvalue weighted by Gasteiger charge is -2.20. The maximum absolute atomic E-state index is 12.1. The maximum atomic E-state index is 12.1. The average molecular weight is 239 g/mol. The van der Waals surface area contributed by atoms with Crippen LogP contribution in [0.4, 0.5) is 0 Å². The van der Waals surface area contributed by atoms with E-state index >= 15 is 0 Å². The smallest absolute Gasteiger partial charge is 0.168 e. The Kier molecular flexibility index (Phi) is 3.62. The Labute approximate surface area is 101 Å². The number of benzene rings is 1. The maximum Gasteiger partial charge on any atom is 0.168 e. The minimum Gasteiger partial charge on any atom is -0.381 e. The van der Waals surface area contributed by atoms with Gasteiger partial charge in [0.2, 0.25) is 0 Å². The summed E-state index contributed by atoms with van der Waals surface area (Å²) in [5.74, 6) is 0.161. The molecule has 1 heterocycles. The Morgan fingerprint density at radius 2 is 2.31 bits per heavy atom. The first-order valence-corrected chi connectivity index (χ1v) is 5.94. The fraction of sp³-hybridized carbons (Fsp3) is 0.462. The first-order chi connectivity index (χ1) is 7.68. The summed E-state index contributed by atoms with van der Waals surface area (Å²) in [6.07, 6.45) is 1.89. The molecule has 1 aliphatic rings. The van der Waals surface area contributed by atoms with E-state index in [1.54, 1.807) is 6.07 Å². The molecule has 1 aliphatic heterocycles. The molecule has 0 radical (unpaired) electrons. The van der Waals surface area contributed by atoms with E-state index < -0.39 is 0 Å². The van der Waals surface area contributed by atoms with E-state index in [-0.39, 0.29) is 11.7 Å². The summed E-state index contributed by atoms with van der Waals surface area (Å²) in [6.45, 7) is 3.25. The molecular weight excluding hydrogens is 224 g/mol. The monoisotopic (exact) mass is 238 g/mol. The molecule has 1 aromatic rings. The summed E-state index contributed by atoms with van der Waals surface area (Å²) in [4.78, 5) is 12.1. The quantitative estimate of drug-likeness (QED) is 0.740. The predicted octanol–water partition coefficient (Wildman–Crippen LogP) is 3.26. The van der Waals surface area contributed by atoms with Gasteiger partial charge >= 0.3 is 0 Å². The molecule has 0 amide bonds. The van der Waals surface area contributed by atoms with Crippen molar-refractivity contribution in [3.63, 3.8) is 0 Å². The van der Waals surface area contributed by atoms with Crippen molar-refractivity contribution in [2.24, 2.45) is 5.92 Å². The number of carbonyl (C=O) groups excluding carboxylic acids is 1. The second kappa shape index (κ2) is 4.98. The lowest BCUT2D eigenvalue weighted by Crippen LogP contribution is -2.25. The number of rotatable bonds is 2. The largest absolute Gasteiger partial charge is 0.381 e. The Morgan fingerprint density at radius 1 is 1.50 bits per heavy atom. The van der Waals surface area contributed by atoms with Crippen molar-refractivity contribution in [3.05, 3.63) is 34.3 Å². The van der Waals surface area contributed by atoms with E-state index in [2.05, 4.69) is 0 Å². The van der Waals surface area contributed by atoms with Crippen molar-refractivity contribution in [1.29, 1.82) is 0 Å². The molecule has 2 rings (SSSR count). The van der Waals surface area contributed by atoms with Crippen LogP contribution in [0, 0.1) is 12.8 Å². The van der Waals surface area contributed by atoms with Gasteiger partial charge in [-0.2, -0.15) is 0 Å². The highest BCUT2D eigenvalue weighted by molar-refractivity contribution is 6.31. The molecule has 1 aromatic carbocycles. The SMILES string of the molecule is Cc1ccc(C(=O)C2CCCOC2)cc1Cl. The first kappa shape index (κ1) is 11.6. The second-order valence-corrected chi connectivity index (χ2v) is 4.65. The van der Waals surface area contributed by atoms with E-state index in [9.17, 15) is 4.79 Å². The van der Waals surface area contributed by atoms with Crippen LogP contribution in [0.2, 0.25) is 5.02 Å².